The molecule has 3 fully saturated rings. The zero-order chi connectivity index (χ0) is 74.8. The Morgan fingerprint density at radius 1 is 0.404 bits per heavy atom. The molecule has 18 rings (SSSR count). The lowest BCUT2D eigenvalue weighted by atomic mass is 10.0. The van der Waals surface area contributed by atoms with E-state index in [0.717, 1.165) is 121 Å². The molecular formula is C83H78N20O6. The van der Waals surface area contributed by atoms with Crippen LogP contribution in [0, 0.1) is 6.92 Å². The zero-order valence-electron chi connectivity index (χ0n) is 59.6. The van der Waals surface area contributed by atoms with Crippen LogP contribution in [0.2, 0.25) is 0 Å². The van der Waals surface area contributed by atoms with Crippen LogP contribution in [0.3, 0.4) is 0 Å². The normalized spacial score (nSPS) is 17.5. The van der Waals surface area contributed by atoms with Gasteiger partial charge in [-0.2, -0.15) is 15.3 Å². The number of nitrogens with zero attached hydrogens (tertiary/aromatic N) is 14. The highest BCUT2D eigenvalue weighted by molar-refractivity contribution is 6.03. The average Bonchev–Trinajstić information content (AvgIpc) is 1.62. The topological polar surface area (TPSA) is 383 Å². The van der Waals surface area contributed by atoms with E-state index < -0.39 is 0 Å². The van der Waals surface area contributed by atoms with Crippen LogP contribution < -0.4 is 33.2 Å². The Balaban J connectivity index is 0.000000124. The summed E-state index contributed by atoms with van der Waals surface area (Å²) >= 11 is 0. The molecular weight excluding hydrogens is 1370 g/mol. The van der Waals surface area contributed by atoms with Crippen LogP contribution >= 0.6 is 0 Å². The Morgan fingerprint density at radius 2 is 0.780 bits per heavy atom. The van der Waals surface area contributed by atoms with E-state index >= 15 is 0 Å². The highest BCUT2D eigenvalue weighted by Gasteiger charge is 2.32. The van der Waals surface area contributed by atoms with Gasteiger partial charge in [-0.15, -0.1) is 0 Å². The molecule has 26 nitrogen and oxygen atoms in total. The maximum Gasteiger partial charge on any atom is 0.270 e. The maximum absolute atomic E-state index is 12.9. The Kier molecular flexibility index (Phi) is 19.6. The van der Waals surface area contributed by atoms with E-state index in [1.54, 1.807) is 18.3 Å². The smallest absolute Gasteiger partial charge is 0.270 e. The van der Waals surface area contributed by atoms with Crippen LogP contribution in [0.5, 0.6) is 0 Å². The van der Waals surface area contributed by atoms with E-state index in [1.165, 1.54) is 19.0 Å². The number of para-hydroxylation sites is 1. The Bertz CT molecular complexity index is 5690. The fourth-order valence-electron chi connectivity index (χ4n) is 15.0. The first kappa shape index (κ1) is 70.3. The highest BCUT2D eigenvalue weighted by Crippen LogP contribution is 2.41. The highest BCUT2D eigenvalue weighted by atomic mass is 16.3. The minimum absolute atomic E-state index is 0.0729. The van der Waals surface area contributed by atoms with Crippen LogP contribution in [-0.2, 0) is 19.6 Å². The number of hydrogen-bond acceptors (Lipinski definition) is 20. The summed E-state index contributed by atoms with van der Waals surface area (Å²) in [6.45, 7) is 3.11. The lowest BCUT2D eigenvalue weighted by Gasteiger charge is -2.10. The number of aliphatic hydroxyl groups is 3. The minimum Gasteiger partial charge on any atom is -0.393 e. The number of aromatic nitrogens is 14. The van der Waals surface area contributed by atoms with Gasteiger partial charge in [0.05, 0.1) is 58.1 Å². The van der Waals surface area contributed by atoms with E-state index in [9.17, 15) is 29.7 Å². The van der Waals surface area contributed by atoms with Gasteiger partial charge >= 0.3 is 0 Å². The first-order valence-electron chi connectivity index (χ1n) is 36.4. The third kappa shape index (κ3) is 14.7. The van der Waals surface area contributed by atoms with Crippen LogP contribution in [0.25, 0.3) is 99.3 Å². The molecule has 26 heteroatoms. The third-order valence-electron chi connectivity index (χ3n) is 20.8. The van der Waals surface area contributed by atoms with Crippen molar-refractivity contribution < 1.29 is 29.7 Å². The molecule has 0 aliphatic heterocycles. The molecule has 3 aliphatic rings. The number of amides is 3. The predicted molar refractivity (Wildman–Crippen MR) is 418 cm³/mol. The van der Waals surface area contributed by atoms with Gasteiger partial charge in [-0.25, -0.2) is 48.9 Å². The number of nitrogen functional groups attached to an aromatic ring is 3. The molecule has 6 unspecified atom stereocenters. The quantitative estimate of drug-likeness (QED) is 0.0460. The van der Waals surface area contributed by atoms with Gasteiger partial charge in [-0.05, 0) is 127 Å². The monoisotopic (exact) mass is 1450 g/mol. The van der Waals surface area contributed by atoms with Gasteiger partial charge < -0.3 is 48.5 Å². The minimum atomic E-state index is -0.323. The number of nitrogens with one attached hydrogen (secondary N) is 3. The molecule has 8 heterocycles. The molecule has 546 valence electrons. The van der Waals surface area contributed by atoms with Gasteiger partial charge in [0.25, 0.3) is 17.7 Å². The molecule has 0 saturated heterocycles. The Labute approximate surface area is 624 Å². The van der Waals surface area contributed by atoms with Crippen molar-refractivity contribution >= 4 is 101 Å². The summed E-state index contributed by atoms with van der Waals surface area (Å²) in [5.41, 5.74) is 31.6. The first-order valence-corrected chi connectivity index (χ1v) is 36.4. The molecule has 0 radical (unpaired) electrons. The van der Waals surface area contributed by atoms with Crippen molar-refractivity contribution in [2.24, 2.45) is 0 Å². The van der Waals surface area contributed by atoms with Crippen LogP contribution in [0.1, 0.15) is 130 Å². The number of hydrogen-bond donors (Lipinski definition) is 9. The summed E-state index contributed by atoms with van der Waals surface area (Å²) in [7, 11) is 0. The molecule has 7 aromatic carbocycles. The Morgan fingerprint density at radius 3 is 1.20 bits per heavy atom. The van der Waals surface area contributed by atoms with E-state index in [-0.39, 0.29) is 54.2 Å². The fraction of sp³-hybridized carbons (Fsp3) is 0.229. The second-order valence-electron chi connectivity index (χ2n) is 28.1. The number of fused-ring (bicyclic) bond motifs is 6. The molecule has 109 heavy (non-hydrogen) atoms. The molecule has 6 atom stereocenters. The first-order chi connectivity index (χ1) is 53.1. The van der Waals surface area contributed by atoms with Crippen LogP contribution in [-0.4, -0.2) is 121 Å². The number of nitrogens with two attached hydrogens (primary N) is 3. The number of anilines is 3. The SMILES string of the molecule is Cc1cc2ccccc2cc1C(=O)NCc1ccc(-c2nn(C3CCC(O)C3)c3ncnc(N)c23)cc1.Nc1ncnc2c1c(-c1ccc(CNC(=O)c3cc4ccccc4cn3)cc1)nn2C1CCC(O)C1.Nc1ncnc2c1c(-c1ccc(CNC(=O)c3ccc4ccccc4n3)cc1)nn2C1CCC(O)C1. The molecule has 3 amide bonds. The van der Waals surface area contributed by atoms with Crippen molar-refractivity contribution in [1.82, 2.24) is 85.2 Å². The van der Waals surface area contributed by atoms with Gasteiger partial charge in [-0.1, -0.05) is 152 Å². The van der Waals surface area contributed by atoms with Gasteiger partial charge in [0.2, 0.25) is 0 Å². The van der Waals surface area contributed by atoms with Crippen molar-refractivity contribution in [3.8, 4) is 33.8 Å². The lowest BCUT2D eigenvalue weighted by molar-refractivity contribution is 0.0938. The standard InChI is InChI=1S/C29H28N6O2.2C27H25N7O2/c1-17-12-20-4-2-3-5-21(20)13-24(17)29(37)31-15-18-6-8-19(9-7-18)26-25-27(30)32-16-33-28(25)35(34-26)22-10-11-23(36)14-22;28-25-23-24(33-34(26(23)31-15-30-25)19-10-11-20(35)13-19)18-7-5-16(6-8-18)14-29-27(36)22-12-9-17-3-1-2-4-21(17)32-22;28-25-23-24(33-34(26(23)32-15-31-25)20-9-10-21(35)12-20)17-7-5-16(6-8-17)13-30-27(36)22-11-18-3-1-2-4-19(18)14-29-22/h2-9,12-13,16,22-23,36H,10-11,14-15H2,1H3,(H,31,37)(H2,30,32,33);1-9,12,15,19-20,35H,10-11,13-14H2,(H,29,36)(H2,28,30,31);1-8,11,14-15,20-21,35H,9-10,12-13H2,(H,30,36)(H2,28,31,32). The van der Waals surface area contributed by atoms with E-state index in [4.69, 9.17) is 32.5 Å². The number of carbonyl (C=O) groups is 3. The molecule has 12 N–H and O–H groups in total. The van der Waals surface area contributed by atoms with E-state index in [0.29, 0.717) is 112 Å². The van der Waals surface area contributed by atoms with Crippen molar-refractivity contribution in [3.05, 3.63) is 240 Å². The van der Waals surface area contributed by atoms with Gasteiger partial charge in [0, 0.05) is 58.9 Å². The van der Waals surface area contributed by atoms with Crippen molar-refractivity contribution in [1.29, 1.82) is 0 Å². The third-order valence-corrected chi connectivity index (χ3v) is 20.8. The van der Waals surface area contributed by atoms with Gasteiger partial charge in [0.1, 0.15) is 64.9 Å². The molecule has 3 aliphatic carbocycles. The lowest BCUT2D eigenvalue weighted by Crippen LogP contribution is -2.23. The summed E-state index contributed by atoms with van der Waals surface area (Å²) in [6, 6.07) is 56.8. The molecule has 15 aromatic rings. The number of benzene rings is 7. The number of carbonyl (C=O) groups excluding carboxylic acids is 3. The summed E-state index contributed by atoms with van der Waals surface area (Å²) < 4.78 is 5.65. The number of aliphatic hydroxyl groups excluding tert-OH is 3. The van der Waals surface area contributed by atoms with Gasteiger partial charge in [-0.3, -0.25) is 19.4 Å². The number of aryl methyl sites for hydroxylation is 1. The average molecular weight is 1450 g/mol. The molecule has 0 bridgehead atoms. The van der Waals surface area contributed by atoms with Crippen LogP contribution in [0.15, 0.2) is 201 Å². The predicted octanol–water partition coefficient (Wildman–Crippen LogP) is 11.8. The second kappa shape index (κ2) is 30.4. The molecule has 3 saturated carbocycles. The van der Waals surface area contributed by atoms with Gasteiger partial charge in [0.15, 0.2) is 16.9 Å². The van der Waals surface area contributed by atoms with Crippen molar-refractivity contribution in [3.63, 3.8) is 0 Å². The van der Waals surface area contributed by atoms with Crippen molar-refractivity contribution in [2.75, 3.05) is 17.2 Å². The number of pyridine rings is 2. The Hall–Kier alpha value is -13.0. The molecule has 0 spiro atoms. The summed E-state index contributed by atoms with van der Waals surface area (Å²) in [5.74, 6) is 0.585. The van der Waals surface area contributed by atoms with E-state index in [2.05, 4.69) is 61.9 Å². The van der Waals surface area contributed by atoms with Crippen LogP contribution in [0.4, 0.5) is 17.5 Å². The number of rotatable bonds is 15. The van der Waals surface area contributed by atoms with E-state index in [1.807, 2.05) is 179 Å². The summed E-state index contributed by atoms with van der Waals surface area (Å²) in [6.07, 6.45) is 11.8. The van der Waals surface area contributed by atoms with Crippen molar-refractivity contribution in [2.45, 2.75) is 121 Å². The second-order valence-corrected chi connectivity index (χ2v) is 28.1. The maximum atomic E-state index is 12.9. The molecule has 8 aromatic heterocycles. The summed E-state index contributed by atoms with van der Waals surface area (Å²) in [4.78, 5) is 72.9. The largest absolute Gasteiger partial charge is 0.393 e. The fourth-order valence-corrected chi connectivity index (χ4v) is 15.0. The zero-order valence-corrected chi connectivity index (χ0v) is 59.6. The summed E-state index contributed by atoms with van der Waals surface area (Å²) in [5, 5.41) is 60.8.